The second-order valence-electron chi connectivity index (χ2n) is 4.52. The van der Waals surface area contributed by atoms with Crippen molar-refractivity contribution in [1.82, 2.24) is 24.0 Å². The first-order valence-corrected chi connectivity index (χ1v) is 6.98. The number of carbonyl (C=O) groups is 1. The number of alkyl halides is 2. The van der Waals surface area contributed by atoms with Crippen molar-refractivity contribution in [2.45, 2.75) is 20.3 Å². The number of hydrogen-bond acceptors (Lipinski definition) is 6. The zero-order chi connectivity index (χ0) is 15.9. The number of aromatic nitrogens is 5. The quantitative estimate of drug-likeness (QED) is 0.799. The minimum Gasteiger partial charge on any atom is -0.296 e. The summed E-state index contributed by atoms with van der Waals surface area (Å²) in [6.45, 7) is 3.27. The number of halogens is 2. The Morgan fingerprint density at radius 1 is 1.36 bits per heavy atom. The molecule has 3 rings (SSSR count). The highest BCUT2D eigenvalue weighted by Gasteiger charge is 2.20. The number of hydrogen-bond donors (Lipinski definition) is 1. The molecule has 22 heavy (non-hydrogen) atoms. The molecule has 0 aromatic carbocycles. The molecule has 10 heteroatoms. The summed E-state index contributed by atoms with van der Waals surface area (Å²) >= 11 is 1.03. The average molecular weight is 324 g/mol. The van der Waals surface area contributed by atoms with Crippen LogP contribution in [0.15, 0.2) is 12.3 Å². The van der Waals surface area contributed by atoms with Gasteiger partial charge in [0, 0.05) is 17.2 Å². The predicted octanol–water partition coefficient (Wildman–Crippen LogP) is 2.39. The van der Waals surface area contributed by atoms with E-state index in [1.54, 1.807) is 13.8 Å². The fourth-order valence-electron chi connectivity index (χ4n) is 1.94. The van der Waals surface area contributed by atoms with Crippen molar-refractivity contribution in [3.63, 3.8) is 0 Å². The maximum atomic E-state index is 13.0. The Hall–Kier alpha value is -2.49. The van der Waals surface area contributed by atoms with Crippen molar-refractivity contribution in [1.29, 1.82) is 0 Å². The summed E-state index contributed by atoms with van der Waals surface area (Å²) in [6.07, 6.45) is -1.51. The first-order chi connectivity index (χ1) is 10.5. The van der Waals surface area contributed by atoms with Crippen LogP contribution >= 0.6 is 11.5 Å². The molecular formula is C12H10F2N6OS. The molecule has 1 N–H and O–H groups in total. The summed E-state index contributed by atoms with van der Waals surface area (Å²) in [4.78, 5) is 20.4. The summed E-state index contributed by atoms with van der Waals surface area (Å²) in [5.74, 6) is 0.0126. The van der Waals surface area contributed by atoms with Gasteiger partial charge in [0.2, 0.25) is 5.13 Å². The van der Waals surface area contributed by atoms with E-state index in [1.807, 2.05) is 0 Å². The molecule has 0 atom stereocenters. The van der Waals surface area contributed by atoms with Crippen LogP contribution in [0.5, 0.6) is 0 Å². The van der Waals surface area contributed by atoms with Gasteiger partial charge in [-0.25, -0.2) is 23.3 Å². The van der Waals surface area contributed by atoms with Gasteiger partial charge in [0.1, 0.15) is 17.1 Å². The highest BCUT2D eigenvalue weighted by molar-refractivity contribution is 7.09. The van der Waals surface area contributed by atoms with E-state index in [1.165, 1.54) is 12.3 Å². The maximum Gasteiger partial charge on any atom is 0.280 e. The molecule has 0 aliphatic heterocycles. The largest absolute Gasteiger partial charge is 0.296 e. The molecule has 114 valence electrons. The van der Waals surface area contributed by atoms with Crippen molar-refractivity contribution < 1.29 is 13.6 Å². The van der Waals surface area contributed by atoms with Gasteiger partial charge in [-0.05, 0) is 19.9 Å². The number of amides is 1. The van der Waals surface area contributed by atoms with Crippen LogP contribution in [0.1, 0.15) is 34.0 Å². The standard InChI is InChI=1S/C12H10F2N6OS/c1-5-3-8(9(13)14)20-10(16-5)7(4-15-20)11(21)18-12-17-6(2)19-22-12/h3-4,9H,1-2H3,(H,17,18,19,21). The fourth-order valence-corrected chi connectivity index (χ4v) is 2.51. The lowest BCUT2D eigenvalue weighted by molar-refractivity contribution is 0.102. The number of aryl methyl sites for hydroxylation is 2. The number of carbonyl (C=O) groups excluding carboxylic acids is 1. The molecule has 0 spiro atoms. The number of rotatable bonds is 3. The lowest BCUT2D eigenvalue weighted by Crippen LogP contribution is -2.12. The lowest BCUT2D eigenvalue weighted by Gasteiger charge is -2.05. The average Bonchev–Trinajstić information content (AvgIpc) is 3.03. The SMILES string of the molecule is Cc1cc(C(F)F)n2ncc(C(=O)Nc3nc(C)ns3)c2n1. The molecule has 3 heterocycles. The van der Waals surface area contributed by atoms with E-state index in [0.717, 1.165) is 16.0 Å². The number of nitrogens with one attached hydrogen (secondary N) is 1. The van der Waals surface area contributed by atoms with E-state index < -0.39 is 12.3 Å². The molecule has 0 saturated carbocycles. The minimum atomic E-state index is -2.72. The Morgan fingerprint density at radius 2 is 2.14 bits per heavy atom. The Bertz CT molecular complexity index is 859. The summed E-state index contributed by atoms with van der Waals surface area (Å²) < 4.78 is 31.0. The van der Waals surface area contributed by atoms with Crippen LogP contribution in [0.4, 0.5) is 13.9 Å². The third-order valence-electron chi connectivity index (χ3n) is 2.84. The molecule has 1 amide bonds. The van der Waals surface area contributed by atoms with Crippen molar-refractivity contribution in [3.8, 4) is 0 Å². The smallest absolute Gasteiger partial charge is 0.280 e. The van der Waals surface area contributed by atoms with Crippen LogP contribution in [-0.2, 0) is 0 Å². The Morgan fingerprint density at radius 3 is 2.77 bits per heavy atom. The summed E-state index contributed by atoms with van der Waals surface area (Å²) in [5.41, 5.74) is 0.241. The van der Waals surface area contributed by atoms with Crippen molar-refractivity contribution in [2.24, 2.45) is 0 Å². The molecule has 0 bridgehead atoms. The molecule has 7 nitrogen and oxygen atoms in total. The van der Waals surface area contributed by atoms with E-state index in [4.69, 9.17) is 0 Å². The van der Waals surface area contributed by atoms with Crippen LogP contribution in [0.25, 0.3) is 5.65 Å². The number of nitrogens with zero attached hydrogens (tertiary/aromatic N) is 5. The predicted molar refractivity (Wildman–Crippen MR) is 75.3 cm³/mol. The first kappa shape index (κ1) is 14.4. The monoisotopic (exact) mass is 324 g/mol. The molecule has 0 saturated heterocycles. The third kappa shape index (κ3) is 2.52. The molecule has 0 fully saturated rings. The van der Waals surface area contributed by atoms with Crippen LogP contribution < -0.4 is 5.32 Å². The number of anilines is 1. The van der Waals surface area contributed by atoms with Crippen molar-refractivity contribution in [2.75, 3.05) is 5.32 Å². The van der Waals surface area contributed by atoms with Gasteiger partial charge < -0.3 is 0 Å². The molecule has 0 radical (unpaired) electrons. The van der Waals surface area contributed by atoms with E-state index in [0.29, 0.717) is 16.6 Å². The van der Waals surface area contributed by atoms with Gasteiger partial charge in [-0.1, -0.05) is 0 Å². The highest BCUT2D eigenvalue weighted by atomic mass is 32.1. The highest BCUT2D eigenvalue weighted by Crippen LogP contribution is 2.22. The number of fused-ring (bicyclic) bond motifs is 1. The topological polar surface area (TPSA) is 85.1 Å². The lowest BCUT2D eigenvalue weighted by atomic mass is 10.3. The molecule has 0 unspecified atom stereocenters. The second kappa shape index (κ2) is 5.37. The van der Waals surface area contributed by atoms with Crippen molar-refractivity contribution in [3.05, 3.63) is 35.0 Å². The normalized spacial score (nSPS) is 11.3. The molecule has 3 aromatic rings. The molecular weight excluding hydrogens is 314 g/mol. The van der Waals surface area contributed by atoms with Gasteiger partial charge >= 0.3 is 0 Å². The second-order valence-corrected chi connectivity index (χ2v) is 5.27. The van der Waals surface area contributed by atoms with Crippen LogP contribution in [0.3, 0.4) is 0 Å². The van der Waals surface area contributed by atoms with Gasteiger partial charge in [-0.3, -0.25) is 10.1 Å². The molecule has 0 aliphatic rings. The van der Waals surface area contributed by atoms with Crippen molar-refractivity contribution >= 4 is 28.2 Å². The van der Waals surface area contributed by atoms with Gasteiger partial charge in [0.05, 0.1) is 6.20 Å². The third-order valence-corrected chi connectivity index (χ3v) is 3.57. The Kier molecular flexibility index (Phi) is 3.53. The van der Waals surface area contributed by atoms with Crippen LogP contribution in [-0.4, -0.2) is 29.9 Å². The zero-order valence-electron chi connectivity index (χ0n) is 11.5. The molecule has 0 aliphatic carbocycles. The maximum absolute atomic E-state index is 13.0. The fraction of sp³-hybridized carbons (Fsp3) is 0.250. The van der Waals surface area contributed by atoms with E-state index >= 15 is 0 Å². The minimum absolute atomic E-state index is 0.0778. The van der Waals surface area contributed by atoms with Gasteiger partial charge in [0.15, 0.2) is 5.65 Å². The van der Waals surface area contributed by atoms with Crippen LogP contribution in [0, 0.1) is 13.8 Å². The summed E-state index contributed by atoms with van der Waals surface area (Å²) in [5, 5.41) is 6.70. The van der Waals surface area contributed by atoms with Gasteiger partial charge in [0.25, 0.3) is 12.3 Å². The Balaban J connectivity index is 2.02. The first-order valence-electron chi connectivity index (χ1n) is 6.21. The van der Waals surface area contributed by atoms with Crippen LogP contribution in [0.2, 0.25) is 0 Å². The summed E-state index contributed by atoms with van der Waals surface area (Å²) in [6, 6.07) is 1.24. The van der Waals surface area contributed by atoms with E-state index in [-0.39, 0.29) is 16.9 Å². The molecule has 3 aromatic heterocycles. The zero-order valence-corrected chi connectivity index (χ0v) is 12.4. The van der Waals surface area contributed by atoms with Gasteiger partial charge in [-0.2, -0.15) is 9.47 Å². The van der Waals surface area contributed by atoms with E-state index in [9.17, 15) is 13.6 Å². The Labute approximate surface area is 127 Å². The van der Waals surface area contributed by atoms with E-state index in [2.05, 4.69) is 24.8 Å². The summed E-state index contributed by atoms with van der Waals surface area (Å²) in [7, 11) is 0. The van der Waals surface area contributed by atoms with Gasteiger partial charge in [-0.15, -0.1) is 0 Å².